The molecule has 0 atom stereocenters. The molecule has 29 heavy (non-hydrogen) atoms. The summed E-state index contributed by atoms with van der Waals surface area (Å²) in [6.45, 7) is 0.807. The number of anilines is 1. The Balaban J connectivity index is 1.82. The van der Waals surface area contributed by atoms with Gasteiger partial charge in [-0.3, -0.25) is 0 Å². The van der Waals surface area contributed by atoms with E-state index in [4.69, 9.17) is 14.2 Å². The molecule has 0 radical (unpaired) electrons. The van der Waals surface area contributed by atoms with Crippen molar-refractivity contribution in [3.8, 4) is 17.2 Å². The molecule has 0 amide bonds. The number of benzene rings is 2. The van der Waals surface area contributed by atoms with Crippen molar-refractivity contribution in [1.29, 1.82) is 0 Å². The zero-order valence-electron chi connectivity index (χ0n) is 16.3. The SMILES string of the molecule is COc1cc(N2CCN(S(=O)(=O)c3c(F)cccc3F)CC2)cc(OC)c1OC. The average molecular weight is 428 g/mol. The molecule has 0 spiro atoms. The minimum Gasteiger partial charge on any atom is -0.493 e. The molecular formula is C19H22F2N2O5S. The van der Waals surface area contributed by atoms with Crippen molar-refractivity contribution in [2.45, 2.75) is 4.90 Å². The van der Waals surface area contributed by atoms with Crippen LogP contribution in [0.4, 0.5) is 14.5 Å². The van der Waals surface area contributed by atoms with Crippen molar-refractivity contribution in [3.05, 3.63) is 42.0 Å². The number of rotatable bonds is 6. The van der Waals surface area contributed by atoms with Gasteiger partial charge in [0, 0.05) is 44.0 Å². The van der Waals surface area contributed by atoms with Crippen LogP contribution in [0.1, 0.15) is 0 Å². The zero-order chi connectivity index (χ0) is 21.2. The van der Waals surface area contributed by atoms with Crippen LogP contribution in [0.5, 0.6) is 17.2 Å². The first kappa shape index (κ1) is 21.1. The average Bonchev–Trinajstić information content (AvgIpc) is 2.72. The normalized spacial score (nSPS) is 15.3. The Hall–Kier alpha value is -2.59. The number of halogens is 2. The second-order valence-electron chi connectivity index (χ2n) is 6.33. The lowest BCUT2D eigenvalue weighted by atomic mass is 10.2. The van der Waals surface area contributed by atoms with E-state index in [1.807, 2.05) is 4.90 Å². The summed E-state index contributed by atoms with van der Waals surface area (Å²) in [6.07, 6.45) is 0. The third kappa shape index (κ3) is 3.95. The summed E-state index contributed by atoms with van der Waals surface area (Å²) in [5.74, 6) is -0.792. The Morgan fingerprint density at radius 2 is 1.38 bits per heavy atom. The number of piperazine rings is 1. The van der Waals surface area contributed by atoms with Crippen molar-refractivity contribution >= 4 is 15.7 Å². The molecule has 1 fully saturated rings. The van der Waals surface area contributed by atoms with E-state index in [1.165, 1.54) is 21.3 Å². The van der Waals surface area contributed by atoms with Gasteiger partial charge in [-0.15, -0.1) is 0 Å². The van der Waals surface area contributed by atoms with Crippen molar-refractivity contribution in [1.82, 2.24) is 4.31 Å². The van der Waals surface area contributed by atoms with Crippen LogP contribution in [0.3, 0.4) is 0 Å². The summed E-state index contributed by atoms with van der Waals surface area (Å²) in [4.78, 5) is 1.02. The Morgan fingerprint density at radius 3 is 1.83 bits per heavy atom. The monoisotopic (exact) mass is 428 g/mol. The van der Waals surface area contributed by atoms with Gasteiger partial charge in [0.25, 0.3) is 0 Å². The van der Waals surface area contributed by atoms with E-state index in [2.05, 4.69) is 0 Å². The van der Waals surface area contributed by atoms with E-state index in [-0.39, 0.29) is 13.1 Å². The highest BCUT2D eigenvalue weighted by Crippen LogP contribution is 2.41. The molecule has 1 aliphatic heterocycles. The first-order valence-corrected chi connectivity index (χ1v) is 10.3. The quantitative estimate of drug-likeness (QED) is 0.704. The largest absolute Gasteiger partial charge is 0.493 e. The van der Waals surface area contributed by atoms with Gasteiger partial charge in [0.05, 0.1) is 21.3 Å². The predicted octanol–water partition coefficient (Wildman–Crippen LogP) is 2.50. The van der Waals surface area contributed by atoms with Gasteiger partial charge in [0.15, 0.2) is 16.4 Å². The molecule has 1 saturated heterocycles. The van der Waals surface area contributed by atoms with Crippen LogP contribution in [0.2, 0.25) is 0 Å². The van der Waals surface area contributed by atoms with Crippen molar-refractivity contribution in [2.75, 3.05) is 52.4 Å². The van der Waals surface area contributed by atoms with E-state index in [1.54, 1.807) is 12.1 Å². The van der Waals surface area contributed by atoms with Gasteiger partial charge in [0.1, 0.15) is 11.6 Å². The summed E-state index contributed by atoms with van der Waals surface area (Å²) in [5.41, 5.74) is 0.758. The predicted molar refractivity (Wildman–Crippen MR) is 103 cm³/mol. The molecule has 2 aromatic carbocycles. The molecule has 158 valence electrons. The van der Waals surface area contributed by atoms with Crippen LogP contribution in [0.25, 0.3) is 0 Å². The van der Waals surface area contributed by atoms with E-state index in [0.717, 1.165) is 28.2 Å². The number of sulfonamides is 1. The second-order valence-corrected chi connectivity index (χ2v) is 8.20. The van der Waals surface area contributed by atoms with Gasteiger partial charge in [-0.25, -0.2) is 17.2 Å². The van der Waals surface area contributed by atoms with Gasteiger partial charge in [-0.2, -0.15) is 4.31 Å². The topological polar surface area (TPSA) is 68.3 Å². The van der Waals surface area contributed by atoms with E-state index >= 15 is 0 Å². The lowest BCUT2D eigenvalue weighted by molar-refractivity contribution is 0.324. The van der Waals surface area contributed by atoms with Crippen LogP contribution in [0, 0.1) is 11.6 Å². The van der Waals surface area contributed by atoms with E-state index in [0.29, 0.717) is 30.3 Å². The van der Waals surface area contributed by atoms with Crippen LogP contribution in [-0.4, -0.2) is 60.2 Å². The van der Waals surface area contributed by atoms with Gasteiger partial charge in [-0.05, 0) is 12.1 Å². The fraction of sp³-hybridized carbons (Fsp3) is 0.368. The van der Waals surface area contributed by atoms with Crippen molar-refractivity contribution in [3.63, 3.8) is 0 Å². The highest BCUT2D eigenvalue weighted by atomic mass is 32.2. The Morgan fingerprint density at radius 1 is 0.862 bits per heavy atom. The minimum absolute atomic E-state index is 0.0762. The number of hydrogen-bond acceptors (Lipinski definition) is 6. The molecular weight excluding hydrogens is 406 g/mol. The maximum Gasteiger partial charge on any atom is 0.249 e. The Bertz CT molecular complexity index is 947. The first-order valence-electron chi connectivity index (χ1n) is 8.82. The van der Waals surface area contributed by atoms with E-state index in [9.17, 15) is 17.2 Å². The molecule has 7 nitrogen and oxygen atoms in total. The lowest BCUT2D eigenvalue weighted by Crippen LogP contribution is -2.49. The summed E-state index contributed by atoms with van der Waals surface area (Å²) in [7, 11) is 0.244. The molecule has 0 saturated carbocycles. The van der Waals surface area contributed by atoms with Crippen LogP contribution in [0.15, 0.2) is 35.2 Å². The van der Waals surface area contributed by atoms with Gasteiger partial charge >= 0.3 is 0 Å². The molecule has 1 heterocycles. The first-order chi connectivity index (χ1) is 13.8. The molecule has 0 unspecified atom stereocenters. The summed E-state index contributed by atoms with van der Waals surface area (Å²) < 4.78 is 70.5. The summed E-state index contributed by atoms with van der Waals surface area (Å²) >= 11 is 0. The highest BCUT2D eigenvalue weighted by Gasteiger charge is 2.33. The van der Waals surface area contributed by atoms with Crippen molar-refractivity contribution < 1.29 is 31.4 Å². The zero-order valence-corrected chi connectivity index (χ0v) is 17.1. The maximum atomic E-state index is 14.0. The fourth-order valence-electron chi connectivity index (χ4n) is 3.29. The van der Waals surface area contributed by atoms with Crippen LogP contribution >= 0.6 is 0 Å². The molecule has 0 aromatic heterocycles. The molecule has 0 aliphatic carbocycles. The van der Waals surface area contributed by atoms with Gasteiger partial charge in [-0.1, -0.05) is 6.07 Å². The molecule has 10 heteroatoms. The van der Waals surface area contributed by atoms with Gasteiger partial charge in [0.2, 0.25) is 15.8 Å². The van der Waals surface area contributed by atoms with Gasteiger partial charge < -0.3 is 19.1 Å². The van der Waals surface area contributed by atoms with Crippen LogP contribution in [-0.2, 0) is 10.0 Å². The number of methoxy groups -OCH3 is 3. The molecule has 2 aromatic rings. The fourth-order valence-corrected chi connectivity index (χ4v) is 4.83. The molecule has 0 N–H and O–H groups in total. The molecule has 0 bridgehead atoms. The van der Waals surface area contributed by atoms with Crippen LogP contribution < -0.4 is 19.1 Å². The standard InChI is InChI=1S/C19H22F2N2O5S/c1-26-16-11-13(12-17(27-2)18(16)28-3)22-7-9-23(10-8-22)29(24,25)19-14(20)5-4-6-15(19)21/h4-6,11-12H,7-10H2,1-3H3. The molecule has 3 rings (SSSR count). The van der Waals surface area contributed by atoms with E-state index < -0.39 is 26.6 Å². The highest BCUT2D eigenvalue weighted by molar-refractivity contribution is 7.89. The summed E-state index contributed by atoms with van der Waals surface area (Å²) in [6, 6.07) is 6.53. The second kappa shape index (κ2) is 8.42. The third-order valence-electron chi connectivity index (χ3n) is 4.77. The maximum absolute atomic E-state index is 14.0. The number of ether oxygens (including phenoxy) is 3. The Labute approximate surface area is 168 Å². The lowest BCUT2D eigenvalue weighted by Gasteiger charge is -2.35. The third-order valence-corrected chi connectivity index (χ3v) is 6.72. The smallest absolute Gasteiger partial charge is 0.249 e. The van der Waals surface area contributed by atoms with Crippen molar-refractivity contribution in [2.24, 2.45) is 0 Å². The number of nitrogens with zero attached hydrogens (tertiary/aromatic N) is 2. The minimum atomic E-state index is -4.28. The summed E-state index contributed by atoms with van der Waals surface area (Å²) in [5, 5.41) is 0. The Kier molecular flexibility index (Phi) is 6.13. The molecule has 1 aliphatic rings. The number of hydrogen-bond donors (Lipinski definition) is 0.